The summed E-state index contributed by atoms with van der Waals surface area (Å²) in [4.78, 5) is 25.1. The molecule has 384 valence electrons. The van der Waals surface area contributed by atoms with Gasteiger partial charge in [-0.25, -0.2) is 21.6 Å². The van der Waals surface area contributed by atoms with Crippen molar-refractivity contribution in [1.82, 2.24) is 19.6 Å². The van der Waals surface area contributed by atoms with Crippen molar-refractivity contribution in [2.24, 2.45) is 43.6 Å². The number of amidine groups is 8. The van der Waals surface area contributed by atoms with Crippen LogP contribution in [0.2, 0.25) is 0 Å². The van der Waals surface area contributed by atoms with Gasteiger partial charge in [-0.05, 0) is 0 Å². The Hall–Kier alpha value is -5.70. The van der Waals surface area contributed by atoms with Gasteiger partial charge < -0.3 is 122 Å². The third-order valence-corrected chi connectivity index (χ3v) is 6.82. The van der Waals surface area contributed by atoms with Gasteiger partial charge in [-0.2, -0.15) is 0 Å². The maximum atomic E-state index is 7.34. The molecule has 0 unspecified atom stereocenters. The summed E-state index contributed by atoms with van der Waals surface area (Å²) >= 11 is 0. The van der Waals surface area contributed by atoms with E-state index in [9.17, 15) is 0 Å². The SMILES string of the molecule is CN(C)C(=N)O/N=C(\N)c1ccccc1.CN(C)C(=N)O/N=C(\N)c1ccccc1.CN(C)C(=N)O/N=C(\N)c1ccccc1.CN(C)C(=N)O/N=C(\N)c1ccccc1.O.O.[Cl-].[Cl-].[Cl-].[Cl-].[Pt+2].[Pt+2]. The van der Waals surface area contributed by atoms with Crippen LogP contribution in [-0.4, -0.2) is 134 Å². The quantitative estimate of drug-likeness (QED) is 0.0464. The summed E-state index contributed by atoms with van der Waals surface area (Å²) in [5, 5.41) is 43.9. The molecule has 0 atom stereocenters. The summed E-state index contributed by atoms with van der Waals surface area (Å²) < 4.78 is 0. The Morgan fingerprint density at radius 1 is 0.338 bits per heavy atom. The molecule has 0 saturated carbocycles. The molecule has 68 heavy (non-hydrogen) atoms. The number of oxime groups is 4. The second-order valence-corrected chi connectivity index (χ2v) is 12.5. The van der Waals surface area contributed by atoms with E-state index in [1.807, 2.05) is 121 Å². The monoisotopic (exact) mass is 1390 g/mol. The molecule has 4 rings (SSSR count). The number of rotatable bonds is 8. The van der Waals surface area contributed by atoms with Crippen molar-refractivity contribution in [1.29, 1.82) is 21.6 Å². The Morgan fingerprint density at radius 3 is 0.588 bits per heavy atom. The van der Waals surface area contributed by atoms with Gasteiger partial charge in [0.25, 0.3) is 0 Å². The van der Waals surface area contributed by atoms with E-state index in [4.69, 9.17) is 63.9 Å². The van der Waals surface area contributed by atoms with E-state index in [-0.39, 0.29) is 150 Å². The van der Waals surface area contributed by atoms with Gasteiger partial charge in [0.1, 0.15) is 0 Å². The van der Waals surface area contributed by atoms with Gasteiger partial charge in [0.15, 0.2) is 23.3 Å². The molecule has 0 aliphatic carbocycles. The Kier molecular flexibility index (Phi) is 52.7. The van der Waals surface area contributed by atoms with E-state index in [2.05, 4.69) is 20.6 Å². The summed E-state index contributed by atoms with van der Waals surface area (Å²) in [6.07, 6.45) is 0. The summed E-state index contributed by atoms with van der Waals surface area (Å²) in [5.74, 6) is 1.01. The summed E-state index contributed by atoms with van der Waals surface area (Å²) in [7, 11) is 13.5. The van der Waals surface area contributed by atoms with Crippen LogP contribution in [0.5, 0.6) is 0 Å². The van der Waals surface area contributed by atoms with Crippen molar-refractivity contribution < 1.29 is 122 Å². The van der Waals surface area contributed by atoms with Gasteiger partial charge in [-0.3, -0.25) is 0 Å². The molecule has 0 aromatic heterocycles. The second kappa shape index (κ2) is 45.1. The maximum Gasteiger partial charge on any atom is 2.00 e. The zero-order valence-corrected chi connectivity index (χ0v) is 45.8. The Bertz CT molecular complexity index is 1770. The molecule has 4 aromatic rings. The molecule has 0 spiro atoms. The smallest absolute Gasteiger partial charge is 1.00 e. The van der Waals surface area contributed by atoms with Crippen LogP contribution in [0.15, 0.2) is 142 Å². The topological polar surface area (TPSA) is 362 Å². The Labute approximate surface area is 451 Å². The molecular formula is C40H60Cl4N16O6Pt2. The van der Waals surface area contributed by atoms with E-state index in [1.165, 1.54) is 19.6 Å². The van der Waals surface area contributed by atoms with Crippen LogP contribution in [0, 0.1) is 21.6 Å². The predicted molar refractivity (Wildman–Crippen MR) is 246 cm³/mol. The molecule has 0 fully saturated rings. The van der Waals surface area contributed by atoms with Crippen LogP contribution in [0.25, 0.3) is 0 Å². The molecule has 16 N–H and O–H groups in total. The molecule has 0 aliphatic rings. The van der Waals surface area contributed by atoms with Gasteiger partial charge in [0, 0.05) is 78.6 Å². The molecule has 0 saturated heterocycles. The van der Waals surface area contributed by atoms with Crippen molar-refractivity contribution in [3.63, 3.8) is 0 Å². The minimum Gasteiger partial charge on any atom is -1.00 e. The van der Waals surface area contributed by atoms with Crippen LogP contribution < -0.4 is 72.6 Å². The van der Waals surface area contributed by atoms with Crippen molar-refractivity contribution in [2.75, 3.05) is 56.4 Å². The Morgan fingerprint density at radius 2 is 0.471 bits per heavy atom. The summed E-state index contributed by atoms with van der Waals surface area (Å²) in [5.41, 5.74) is 25.7. The minimum atomic E-state index is -0.0612. The van der Waals surface area contributed by atoms with Crippen LogP contribution in [-0.2, 0) is 61.5 Å². The summed E-state index contributed by atoms with van der Waals surface area (Å²) in [6, 6.07) is 36.7. The fourth-order valence-electron chi connectivity index (χ4n) is 3.34. The standard InChI is InChI=1S/4C10H14N4O.4ClH.2H2O.2Pt/c4*1-14(2)10(12)15-13-9(11)8-6-4-3-5-7-8;;;;;;;;/h4*3-7,12H,1-2H3,(H2,11,13);4*1H;2*1H2;;/q;;;;;;;;;;2*+2/p-4. The van der Waals surface area contributed by atoms with E-state index in [0.717, 1.165) is 22.3 Å². The average molecular weight is 1390 g/mol. The molecule has 0 radical (unpaired) electrons. The van der Waals surface area contributed by atoms with E-state index in [1.54, 1.807) is 56.4 Å². The van der Waals surface area contributed by atoms with Gasteiger partial charge in [0.2, 0.25) is 0 Å². The van der Waals surface area contributed by atoms with Crippen LogP contribution in [0.4, 0.5) is 0 Å². The molecule has 22 nitrogen and oxygen atoms in total. The number of halogens is 4. The largest absolute Gasteiger partial charge is 2.00 e. The number of hydrogen-bond acceptors (Lipinski definition) is 12. The zero-order chi connectivity index (χ0) is 45.0. The molecule has 0 bridgehead atoms. The zero-order valence-electron chi connectivity index (χ0n) is 38.2. The molecule has 4 aromatic carbocycles. The van der Waals surface area contributed by atoms with Crippen molar-refractivity contribution >= 4 is 47.4 Å². The van der Waals surface area contributed by atoms with E-state index >= 15 is 0 Å². The number of benzene rings is 4. The van der Waals surface area contributed by atoms with E-state index < -0.39 is 0 Å². The molecule has 28 heteroatoms. The first-order valence-electron chi connectivity index (χ1n) is 17.7. The van der Waals surface area contributed by atoms with E-state index in [0.29, 0.717) is 0 Å². The molecule has 0 amide bonds. The fraction of sp³-hybridized carbons (Fsp3) is 0.200. The van der Waals surface area contributed by atoms with Gasteiger partial charge in [0.05, 0.1) is 0 Å². The van der Waals surface area contributed by atoms with Gasteiger partial charge >= 0.3 is 66.2 Å². The average Bonchev–Trinajstić information content (AvgIpc) is 3.26. The second-order valence-electron chi connectivity index (χ2n) is 12.5. The normalized spacial score (nSPS) is 9.65. The first kappa shape index (κ1) is 79.4. The maximum absolute atomic E-state index is 7.34. The fourth-order valence-corrected chi connectivity index (χ4v) is 3.34. The number of nitrogens with one attached hydrogen (secondary N) is 4. The minimum absolute atomic E-state index is 0. The predicted octanol–water partition coefficient (Wildman–Crippen LogP) is -10.4. The Balaban J connectivity index is -0.000000113. The van der Waals surface area contributed by atoms with Crippen LogP contribution >= 0.6 is 0 Å². The third-order valence-electron chi connectivity index (χ3n) is 6.82. The van der Waals surface area contributed by atoms with Gasteiger partial charge in [-0.1, -0.05) is 142 Å². The van der Waals surface area contributed by atoms with Crippen molar-refractivity contribution in [3.8, 4) is 0 Å². The van der Waals surface area contributed by atoms with Crippen LogP contribution in [0.1, 0.15) is 22.3 Å². The number of hydrogen-bond donors (Lipinski definition) is 8. The number of nitrogens with two attached hydrogens (primary N) is 4. The first-order valence-corrected chi connectivity index (χ1v) is 17.7. The van der Waals surface area contributed by atoms with Crippen molar-refractivity contribution in [3.05, 3.63) is 144 Å². The molecule has 0 heterocycles. The number of nitrogens with zero attached hydrogens (tertiary/aromatic N) is 8. The summed E-state index contributed by atoms with van der Waals surface area (Å²) in [6.45, 7) is 0. The molecular weight excluding hydrogens is 1330 g/mol. The van der Waals surface area contributed by atoms with Crippen molar-refractivity contribution in [2.45, 2.75) is 0 Å². The first-order chi connectivity index (χ1) is 28.4. The third kappa shape index (κ3) is 34.6. The van der Waals surface area contributed by atoms with Crippen LogP contribution in [0.3, 0.4) is 0 Å². The molecule has 0 aliphatic heterocycles. The van der Waals surface area contributed by atoms with Gasteiger partial charge in [-0.15, -0.1) is 0 Å².